The Morgan fingerprint density at radius 2 is 1.14 bits per heavy atom. The van der Waals surface area contributed by atoms with Crippen molar-refractivity contribution >= 4 is 5.91 Å². The Balaban J connectivity index is 2.26. The van der Waals surface area contributed by atoms with E-state index in [4.69, 9.17) is 5.73 Å². The molecule has 3 aromatic carbocycles. The molecule has 0 unspecified atom stereocenters. The number of nitrogens with one attached hydrogen (secondary N) is 1. The lowest BCUT2D eigenvalue weighted by Crippen LogP contribution is -2.54. The molecule has 0 bridgehead atoms. The van der Waals surface area contributed by atoms with E-state index < -0.39 is 11.6 Å². The molecule has 1 atom stereocenters. The molecular formula is C25H28N2O. The van der Waals surface area contributed by atoms with Crippen LogP contribution in [0.2, 0.25) is 0 Å². The predicted molar refractivity (Wildman–Crippen MR) is 115 cm³/mol. The van der Waals surface area contributed by atoms with Gasteiger partial charge in [0.2, 0.25) is 5.91 Å². The third-order valence-electron chi connectivity index (χ3n) is 5.06. The minimum atomic E-state index is -0.682. The molecule has 3 aromatic rings. The van der Waals surface area contributed by atoms with Gasteiger partial charge in [0.25, 0.3) is 0 Å². The molecule has 0 aliphatic heterocycles. The van der Waals surface area contributed by atoms with Gasteiger partial charge in [0.15, 0.2) is 0 Å². The summed E-state index contributed by atoms with van der Waals surface area (Å²) in [6, 6.07) is 30.3. The summed E-state index contributed by atoms with van der Waals surface area (Å²) in [5.74, 6) is 0.00545. The molecule has 28 heavy (non-hydrogen) atoms. The van der Waals surface area contributed by atoms with Gasteiger partial charge in [-0.05, 0) is 29.0 Å². The SMILES string of the molecule is CC(C)C[C@H](NC(c1ccccc1)(c1ccccc1)c1ccccc1)C(N)=O. The lowest BCUT2D eigenvalue weighted by Gasteiger charge is -2.40. The van der Waals surface area contributed by atoms with E-state index in [1.165, 1.54) is 0 Å². The standard InChI is InChI=1S/C25H28N2O/c1-19(2)18-23(24(26)28)27-25(20-12-6-3-7-13-20,21-14-8-4-9-15-21)22-16-10-5-11-17-22/h3-17,19,23,27H,18H2,1-2H3,(H2,26,28)/t23-/m0/s1. The smallest absolute Gasteiger partial charge is 0.234 e. The third kappa shape index (κ3) is 4.15. The van der Waals surface area contributed by atoms with Crippen molar-refractivity contribution in [1.29, 1.82) is 0 Å². The summed E-state index contributed by atoms with van der Waals surface area (Å²) in [7, 11) is 0. The molecule has 0 aromatic heterocycles. The van der Waals surface area contributed by atoms with Crippen LogP contribution in [0.5, 0.6) is 0 Å². The highest BCUT2D eigenvalue weighted by Gasteiger charge is 2.39. The third-order valence-corrected chi connectivity index (χ3v) is 5.06. The Hall–Kier alpha value is -2.91. The van der Waals surface area contributed by atoms with Gasteiger partial charge in [-0.2, -0.15) is 0 Å². The van der Waals surface area contributed by atoms with E-state index in [1.54, 1.807) is 0 Å². The Labute approximate surface area is 167 Å². The van der Waals surface area contributed by atoms with Crippen molar-refractivity contribution in [2.24, 2.45) is 11.7 Å². The van der Waals surface area contributed by atoms with Crippen LogP contribution in [0.25, 0.3) is 0 Å². The molecule has 0 saturated carbocycles. The average Bonchev–Trinajstić information content (AvgIpc) is 2.72. The van der Waals surface area contributed by atoms with E-state index in [2.05, 4.69) is 55.6 Å². The first kappa shape index (κ1) is 19.8. The quantitative estimate of drug-likeness (QED) is 0.573. The summed E-state index contributed by atoms with van der Waals surface area (Å²) in [6.45, 7) is 4.21. The molecule has 3 rings (SSSR count). The fraction of sp³-hybridized carbons (Fsp3) is 0.240. The Morgan fingerprint density at radius 1 is 0.786 bits per heavy atom. The highest BCUT2D eigenvalue weighted by Crippen LogP contribution is 2.37. The van der Waals surface area contributed by atoms with Crippen LogP contribution in [0, 0.1) is 5.92 Å². The zero-order chi connectivity index (χ0) is 20.0. The molecular weight excluding hydrogens is 344 g/mol. The van der Waals surface area contributed by atoms with E-state index in [1.807, 2.05) is 54.6 Å². The first-order valence-electron chi connectivity index (χ1n) is 9.77. The Morgan fingerprint density at radius 3 is 1.43 bits per heavy atom. The van der Waals surface area contributed by atoms with Crippen molar-refractivity contribution in [3.8, 4) is 0 Å². The second kappa shape index (κ2) is 8.85. The molecule has 3 N–H and O–H groups in total. The average molecular weight is 373 g/mol. The van der Waals surface area contributed by atoms with Crippen LogP contribution in [0.1, 0.15) is 37.0 Å². The fourth-order valence-electron chi connectivity index (χ4n) is 3.79. The molecule has 0 spiro atoms. The van der Waals surface area contributed by atoms with Gasteiger partial charge in [-0.15, -0.1) is 0 Å². The largest absolute Gasteiger partial charge is 0.368 e. The molecule has 3 heteroatoms. The van der Waals surface area contributed by atoms with E-state index in [0.717, 1.165) is 16.7 Å². The van der Waals surface area contributed by atoms with Crippen molar-refractivity contribution in [2.45, 2.75) is 31.8 Å². The molecule has 144 valence electrons. The van der Waals surface area contributed by atoms with Crippen molar-refractivity contribution in [2.75, 3.05) is 0 Å². The van der Waals surface area contributed by atoms with Crippen LogP contribution >= 0.6 is 0 Å². The molecule has 0 aliphatic carbocycles. The number of hydrogen-bond donors (Lipinski definition) is 2. The van der Waals surface area contributed by atoms with Crippen molar-refractivity contribution in [3.05, 3.63) is 108 Å². The maximum Gasteiger partial charge on any atom is 0.234 e. The summed E-state index contributed by atoms with van der Waals surface area (Å²) in [5.41, 5.74) is 8.36. The second-order valence-corrected chi connectivity index (χ2v) is 7.58. The molecule has 0 heterocycles. The van der Waals surface area contributed by atoms with E-state index in [0.29, 0.717) is 12.3 Å². The molecule has 0 aliphatic rings. The summed E-state index contributed by atoms with van der Waals surface area (Å²) >= 11 is 0. The van der Waals surface area contributed by atoms with Crippen molar-refractivity contribution in [3.63, 3.8) is 0 Å². The number of carbonyl (C=O) groups excluding carboxylic acids is 1. The van der Waals surface area contributed by atoms with Crippen LogP contribution in [-0.2, 0) is 10.3 Å². The zero-order valence-electron chi connectivity index (χ0n) is 16.5. The van der Waals surface area contributed by atoms with Crippen LogP contribution in [0.15, 0.2) is 91.0 Å². The van der Waals surface area contributed by atoms with E-state index in [-0.39, 0.29) is 5.91 Å². The van der Waals surface area contributed by atoms with Gasteiger partial charge >= 0.3 is 0 Å². The van der Waals surface area contributed by atoms with Gasteiger partial charge in [-0.1, -0.05) is 105 Å². The Kier molecular flexibility index (Phi) is 6.27. The molecule has 1 amide bonds. The van der Waals surface area contributed by atoms with Crippen molar-refractivity contribution < 1.29 is 4.79 Å². The molecule has 3 nitrogen and oxygen atoms in total. The topological polar surface area (TPSA) is 55.1 Å². The minimum absolute atomic E-state index is 0.333. The first-order chi connectivity index (χ1) is 13.5. The number of primary amides is 1. The van der Waals surface area contributed by atoms with Crippen LogP contribution in [0.4, 0.5) is 0 Å². The zero-order valence-corrected chi connectivity index (χ0v) is 16.5. The van der Waals surface area contributed by atoms with Gasteiger partial charge in [0, 0.05) is 0 Å². The molecule has 0 radical (unpaired) electrons. The first-order valence-corrected chi connectivity index (χ1v) is 9.77. The molecule has 0 saturated heterocycles. The lowest BCUT2D eigenvalue weighted by molar-refractivity contribution is -0.120. The normalized spacial score (nSPS) is 12.7. The summed E-state index contributed by atoms with van der Waals surface area (Å²) in [6.07, 6.45) is 0.670. The Bertz CT molecular complexity index is 780. The number of hydrogen-bond acceptors (Lipinski definition) is 2. The van der Waals surface area contributed by atoms with E-state index >= 15 is 0 Å². The molecule has 0 fully saturated rings. The fourth-order valence-corrected chi connectivity index (χ4v) is 3.79. The van der Waals surface area contributed by atoms with Crippen LogP contribution in [0.3, 0.4) is 0 Å². The number of carbonyl (C=O) groups is 1. The van der Waals surface area contributed by atoms with Gasteiger partial charge < -0.3 is 5.73 Å². The lowest BCUT2D eigenvalue weighted by atomic mass is 9.76. The summed E-state index contributed by atoms with van der Waals surface area (Å²) < 4.78 is 0. The predicted octanol–water partition coefficient (Wildman–Crippen LogP) is 4.47. The maximum absolute atomic E-state index is 12.4. The number of amides is 1. The highest BCUT2D eigenvalue weighted by molar-refractivity contribution is 5.80. The second-order valence-electron chi connectivity index (χ2n) is 7.58. The minimum Gasteiger partial charge on any atom is -0.368 e. The number of rotatable bonds is 8. The number of benzene rings is 3. The van der Waals surface area contributed by atoms with Gasteiger partial charge in [0.1, 0.15) is 0 Å². The monoisotopic (exact) mass is 372 g/mol. The summed E-state index contributed by atoms with van der Waals surface area (Å²) in [5, 5.41) is 3.67. The number of nitrogens with two attached hydrogens (primary N) is 1. The van der Waals surface area contributed by atoms with Crippen LogP contribution < -0.4 is 11.1 Å². The maximum atomic E-state index is 12.4. The van der Waals surface area contributed by atoms with Crippen LogP contribution in [-0.4, -0.2) is 11.9 Å². The van der Waals surface area contributed by atoms with Crippen molar-refractivity contribution in [1.82, 2.24) is 5.32 Å². The highest BCUT2D eigenvalue weighted by atomic mass is 16.1. The van der Waals surface area contributed by atoms with Gasteiger partial charge in [0.05, 0.1) is 11.6 Å². The van der Waals surface area contributed by atoms with Gasteiger partial charge in [-0.3, -0.25) is 10.1 Å². The summed E-state index contributed by atoms with van der Waals surface area (Å²) in [4.78, 5) is 12.4. The van der Waals surface area contributed by atoms with Gasteiger partial charge in [-0.25, -0.2) is 0 Å². The van der Waals surface area contributed by atoms with E-state index in [9.17, 15) is 4.79 Å².